The highest BCUT2D eigenvalue weighted by atomic mass is 16.5. The SMILES string of the molecule is COc1cc(CNc2cccnc2)ccc1O. The molecule has 0 fully saturated rings. The average Bonchev–Trinajstić information content (AvgIpc) is 2.39. The molecule has 1 aromatic carbocycles. The molecule has 0 amide bonds. The Hall–Kier alpha value is -2.23. The largest absolute Gasteiger partial charge is 0.504 e. The number of hydrogen-bond donors (Lipinski definition) is 2. The van der Waals surface area contributed by atoms with Crippen molar-refractivity contribution in [2.75, 3.05) is 12.4 Å². The molecule has 4 heteroatoms. The van der Waals surface area contributed by atoms with Gasteiger partial charge in [-0.1, -0.05) is 6.07 Å². The maximum atomic E-state index is 9.46. The maximum absolute atomic E-state index is 9.46. The third-order valence-corrected chi connectivity index (χ3v) is 2.40. The molecule has 0 radical (unpaired) electrons. The van der Waals surface area contributed by atoms with Crippen molar-refractivity contribution >= 4 is 5.69 Å². The fraction of sp³-hybridized carbons (Fsp3) is 0.154. The van der Waals surface area contributed by atoms with Gasteiger partial charge >= 0.3 is 0 Å². The van der Waals surface area contributed by atoms with Crippen LogP contribution in [0.1, 0.15) is 5.56 Å². The standard InChI is InChI=1S/C13H14N2O2/c1-17-13-7-10(4-5-12(13)16)8-15-11-3-2-6-14-9-11/h2-7,9,15-16H,8H2,1H3. The maximum Gasteiger partial charge on any atom is 0.160 e. The number of pyridine rings is 1. The van der Waals surface area contributed by atoms with Crippen molar-refractivity contribution in [2.24, 2.45) is 0 Å². The number of benzene rings is 1. The fourth-order valence-electron chi connectivity index (χ4n) is 1.50. The van der Waals surface area contributed by atoms with Crippen LogP contribution in [0.4, 0.5) is 5.69 Å². The molecular weight excluding hydrogens is 216 g/mol. The molecule has 4 nitrogen and oxygen atoms in total. The first-order valence-electron chi connectivity index (χ1n) is 5.29. The molecule has 1 heterocycles. The van der Waals surface area contributed by atoms with Gasteiger partial charge in [-0.15, -0.1) is 0 Å². The molecule has 0 aliphatic rings. The van der Waals surface area contributed by atoms with Crippen molar-refractivity contribution in [1.82, 2.24) is 4.98 Å². The van der Waals surface area contributed by atoms with Crippen LogP contribution < -0.4 is 10.1 Å². The van der Waals surface area contributed by atoms with Crippen LogP contribution in [0.5, 0.6) is 11.5 Å². The summed E-state index contributed by atoms with van der Waals surface area (Å²) in [5, 5.41) is 12.7. The predicted octanol–water partition coefficient (Wildman–Crippen LogP) is 2.41. The number of nitrogens with one attached hydrogen (secondary N) is 1. The minimum absolute atomic E-state index is 0.151. The Labute approximate surface area is 99.9 Å². The van der Waals surface area contributed by atoms with Gasteiger partial charge in [-0.05, 0) is 29.8 Å². The molecule has 0 saturated carbocycles. The van der Waals surface area contributed by atoms with Gasteiger partial charge in [0, 0.05) is 18.9 Å². The van der Waals surface area contributed by atoms with E-state index in [1.54, 1.807) is 24.5 Å². The first-order valence-corrected chi connectivity index (χ1v) is 5.29. The Morgan fingerprint density at radius 3 is 2.94 bits per heavy atom. The van der Waals surface area contributed by atoms with Gasteiger partial charge in [-0.3, -0.25) is 4.98 Å². The van der Waals surface area contributed by atoms with E-state index < -0.39 is 0 Å². The van der Waals surface area contributed by atoms with Gasteiger partial charge < -0.3 is 15.2 Å². The Morgan fingerprint density at radius 2 is 2.24 bits per heavy atom. The van der Waals surface area contributed by atoms with E-state index in [1.165, 1.54) is 7.11 Å². The molecule has 0 aliphatic carbocycles. The molecule has 0 aliphatic heterocycles. The van der Waals surface area contributed by atoms with Crippen molar-refractivity contribution < 1.29 is 9.84 Å². The second-order valence-corrected chi connectivity index (χ2v) is 3.60. The molecule has 1 aromatic heterocycles. The number of aromatic nitrogens is 1. The van der Waals surface area contributed by atoms with Crippen LogP contribution in [0.25, 0.3) is 0 Å². The molecule has 2 aromatic rings. The van der Waals surface area contributed by atoms with Gasteiger partial charge in [0.15, 0.2) is 11.5 Å². The Balaban J connectivity index is 2.04. The lowest BCUT2D eigenvalue weighted by Gasteiger charge is -2.08. The summed E-state index contributed by atoms with van der Waals surface area (Å²) in [7, 11) is 1.54. The van der Waals surface area contributed by atoms with Crippen LogP contribution in [-0.4, -0.2) is 17.2 Å². The zero-order valence-corrected chi connectivity index (χ0v) is 9.55. The van der Waals surface area contributed by atoms with E-state index in [0.717, 1.165) is 11.3 Å². The highest BCUT2D eigenvalue weighted by Gasteiger charge is 2.02. The normalized spacial score (nSPS) is 9.94. The highest BCUT2D eigenvalue weighted by molar-refractivity contribution is 5.44. The van der Waals surface area contributed by atoms with Crippen LogP contribution in [0.2, 0.25) is 0 Å². The fourth-order valence-corrected chi connectivity index (χ4v) is 1.50. The van der Waals surface area contributed by atoms with Crippen molar-refractivity contribution in [2.45, 2.75) is 6.54 Å². The summed E-state index contributed by atoms with van der Waals surface area (Å²) in [4.78, 5) is 4.02. The number of phenols is 1. The topological polar surface area (TPSA) is 54.4 Å². The van der Waals surface area contributed by atoms with E-state index in [-0.39, 0.29) is 5.75 Å². The number of phenolic OH excluding ortho intramolecular Hbond substituents is 1. The number of methoxy groups -OCH3 is 1. The molecule has 0 atom stereocenters. The van der Waals surface area contributed by atoms with Gasteiger partial charge in [0.1, 0.15) is 0 Å². The Morgan fingerprint density at radius 1 is 1.35 bits per heavy atom. The molecule has 2 rings (SSSR count). The van der Waals surface area contributed by atoms with E-state index in [4.69, 9.17) is 4.74 Å². The van der Waals surface area contributed by atoms with Crippen LogP contribution >= 0.6 is 0 Å². The molecule has 0 bridgehead atoms. The first kappa shape index (κ1) is 11.3. The lowest BCUT2D eigenvalue weighted by molar-refractivity contribution is 0.373. The van der Waals surface area contributed by atoms with Crippen molar-refractivity contribution in [3.05, 3.63) is 48.3 Å². The quantitative estimate of drug-likeness (QED) is 0.846. The van der Waals surface area contributed by atoms with Crippen LogP contribution in [-0.2, 0) is 6.54 Å². The lowest BCUT2D eigenvalue weighted by Crippen LogP contribution is -1.99. The summed E-state index contributed by atoms with van der Waals surface area (Å²) in [6.07, 6.45) is 3.49. The van der Waals surface area contributed by atoms with Gasteiger partial charge in [0.05, 0.1) is 12.8 Å². The third kappa shape index (κ3) is 2.87. The summed E-state index contributed by atoms with van der Waals surface area (Å²) >= 11 is 0. The molecule has 0 spiro atoms. The summed E-state index contributed by atoms with van der Waals surface area (Å²) in [6.45, 7) is 0.655. The summed E-state index contributed by atoms with van der Waals surface area (Å²) < 4.78 is 5.05. The number of anilines is 1. The number of nitrogens with zero attached hydrogens (tertiary/aromatic N) is 1. The highest BCUT2D eigenvalue weighted by Crippen LogP contribution is 2.26. The first-order chi connectivity index (χ1) is 8.29. The monoisotopic (exact) mass is 230 g/mol. The van der Waals surface area contributed by atoms with E-state index in [1.807, 2.05) is 18.2 Å². The van der Waals surface area contributed by atoms with Crippen LogP contribution in [0.15, 0.2) is 42.7 Å². The second kappa shape index (κ2) is 5.21. The molecular formula is C13H14N2O2. The van der Waals surface area contributed by atoms with Gasteiger partial charge in [-0.25, -0.2) is 0 Å². The summed E-state index contributed by atoms with van der Waals surface area (Å²) in [5.41, 5.74) is 1.99. The third-order valence-electron chi connectivity index (χ3n) is 2.40. The predicted molar refractivity (Wildman–Crippen MR) is 66.2 cm³/mol. The summed E-state index contributed by atoms with van der Waals surface area (Å²) in [6, 6.07) is 9.10. The van der Waals surface area contributed by atoms with Crippen molar-refractivity contribution in [1.29, 1.82) is 0 Å². The van der Waals surface area contributed by atoms with Crippen LogP contribution in [0.3, 0.4) is 0 Å². The summed E-state index contributed by atoms with van der Waals surface area (Å²) in [5.74, 6) is 0.633. The van der Waals surface area contributed by atoms with Crippen LogP contribution in [0, 0.1) is 0 Å². The molecule has 0 unspecified atom stereocenters. The van der Waals surface area contributed by atoms with E-state index in [0.29, 0.717) is 12.3 Å². The Kier molecular flexibility index (Phi) is 3.45. The molecule has 17 heavy (non-hydrogen) atoms. The average molecular weight is 230 g/mol. The zero-order valence-electron chi connectivity index (χ0n) is 9.55. The minimum Gasteiger partial charge on any atom is -0.504 e. The number of ether oxygens (including phenoxy) is 1. The smallest absolute Gasteiger partial charge is 0.160 e. The molecule has 88 valence electrons. The van der Waals surface area contributed by atoms with E-state index in [2.05, 4.69) is 10.3 Å². The van der Waals surface area contributed by atoms with E-state index in [9.17, 15) is 5.11 Å². The minimum atomic E-state index is 0.151. The molecule has 0 saturated heterocycles. The number of rotatable bonds is 4. The zero-order chi connectivity index (χ0) is 12.1. The van der Waals surface area contributed by atoms with Crippen molar-refractivity contribution in [3.63, 3.8) is 0 Å². The van der Waals surface area contributed by atoms with Crippen molar-refractivity contribution in [3.8, 4) is 11.5 Å². The Bertz CT molecular complexity index is 486. The van der Waals surface area contributed by atoms with Gasteiger partial charge in [0.25, 0.3) is 0 Å². The number of hydrogen-bond acceptors (Lipinski definition) is 4. The number of aromatic hydroxyl groups is 1. The second-order valence-electron chi connectivity index (χ2n) is 3.60. The van der Waals surface area contributed by atoms with Gasteiger partial charge in [0.2, 0.25) is 0 Å². The molecule has 2 N–H and O–H groups in total. The van der Waals surface area contributed by atoms with E-state index >= 15 is 0 Å². The lowest BCUT2D eigenvalue weighted by atomic mass is 10.2. The van der Waals surface area contributed by atoms with Gasteiger partial charge in [-0.2, -0.15) is 0 Å².